The normalized spacial score (nSPS) is 15.8. The molecule has 7 heteroatoms. The molecule has 1 fully saturated rings. The fourth-order valence-electron chi connectivity index (χ4n) is 3.13. The summed E-state index contributed by atoms with van der Waals surface area (Å²) in [7, 11) is -2.10. The number of nitrogens with one attached hydrogen (secondary N) is 1. The van der Waals surface area contributed by atoms with Crippen molar-refractivity contribution in [3.8, 4) is 5.75 Å². The molecule has 0 saturated carbocycles. The predicted octanol–water partition coefficient (Wildman–Crippen LogP) is 1.80. The maximum atomic E-state index is 12.5. The number of hydrogen-bond acceptors (Lipinski definition) is 5. The SMILES string of the molecule is COc1ccccc1S(=O)(=O)NCCN1CCN(c2ccccc2)CC1. The number of nitrogens with zero attached hydrogens (tertiary/aromatic N) is 2. The van der Waals surface area contributed by atoms with Crippen LogP contribution in [-0.4, -0.2) is 59.7 Å². The van der Waals surface area contributed by atoms with Crippen molar-refractivity contribution in [2.24, 2.45) is 0 Å². The van der Waals surface area contributed by atoms with Gasteiger partial charge < -0.3 is 9.64 Å². The summed E-state index contributed by atoms with van der Waals surface area (Å²) in [6, 6.07) is 17.0. The zero-order valence-electron chi connectivity index (χ0n) is 15.0. The third-order valence-electron chi connectivity index (χ3n) is 4.57. The average molecular weight is 375 g/mol. The van der Waals surface area contributed by atoms with Crippen LogP contribution in [0.1, 0.15) is 0 Å². The van der Waals surface area contributed by atoms with Gasteiger partial charge in [-0.2, -0.15) is 0 Å². The first-order valence-corrected chi connectivity index (χ1v) is 10.2. The first kappa shape index (κ1) is 18.7. The predicted molar refractivity (Wildman–Crippen MR) is 103 cm³/mol. The fourth-order valence-corrected chi connectivity index (χ4v) is 4.31. The molecule has 0 amide bonds. The van der Waals surface area contributed by atoms with Crippen molar-refractivity contribution in [3.63, 3.8) is 0 Å². The summed E-state index contributed by atoms with van der Waals surface area (Å²) in [5, 5.41) is 0. The van der Waals surface area contributed by atoms with E-state index in [1.54, 1.807) is 24.3 Å². The van der Waals surface area contributed by atoms with Crippen molar-refractivity contribution in [1.29, 1.82) is 0 Å². The Morgan fingerprint density at radius 2 is 1.62 bits per heavy atom. The highest BCUT2D eigenvalue weighted by atomic mass is 32.2. The van der Waals surface area contributed by atoms with Crippen LogP contribution in [0.15, 0.2) is 59.5 Å². The molecule has 0 radical (unpaired) electrons. The van der Waals surface area contributed by atoms with Gasteiger partial charge in [0, 0.05) is 45.0 Å². The Bertz CT molecular complexity index is 804. The zero-order chi connectivity index (χ0) is 18.4. The number of hydrogen-bond donors (Lipinski definition) is 1. The Morgan fingerprint density at radius 1 is 0.962 bits per heavy atom. The highest BCUT2D eigenvalue weighted by Crippen LogP contribution is 2.22. The molecule has 140 valence electrons. The molecular formula is C19H25N3O3S. The molecule has 1 N–H and O–H groups in total. The minimum atomic E-state index is -3.57. The molecule has 2 aromatic rings. The second-order valence-electron chi connectivity index (χ2n) is 6.21. The number of para-hydroxylation sites is 2. The minimum absolute atomic E-state index is 0.177. The van der Waals surface area contributed by atoms with Crippen molar-refractivity contribution in [2.75, 3.05) is 51.3 Å². The van der Waals surface area contributed by atoms with Gasteiger partial charge in [-0.1, -0.05) is 30.3 Å². The fraction of sp³-hybridized carbons (Fsp3) is 0.368. The average Bonchev–Trinajstić information content (AvgIpc) is 2.69. The van der Waals surface area contributed by atoms with Crippen LogP contribution in [0.4, 0.5) is 5.69 Å². The number of sulfonamides is 1. The lowest BCUT2D eigenvalue weighted by atomic mass is 10.2. The summed E-state index contributed by atoms with van der Waals surface area (Å²) in [6.45, 7) is 4.81. The topological polar surface area (TPSA) is 61.9 Å². The van der Waals surface area contributed by atoms with Gasteiger partial charge in [-0.3, -0.25) is 4.90 Å². The lowest BCUT2D eigenvalue weighted by Crippen LogP contribution is -2.48. The number of piperazine rings is 1. The number of methoxy groups -OCH3 is 1. The van der Waals surface area contributed by atoms with Gasteiger partial charge in [0.2, 0.25) is 10.0 Å². The van der Waals surface area contributed by atoms with Gasteiger partial charge in [-0.05, 0) is 24.3 Å². The molecule has 0 spiro atoms. The van der Waals surface area contributed by atoms with Crippen LogP contribution in [0, 0.1) is 0 Å². The summed E-state index contributed by atoms with van der Waals surface area (Å²) >= 11 is 0. The van der Waals surface area contributed by atoms with E-state index < -0.39 is 10.0 Å². The molecule has 0 bridgehead atoms. The monoisotopic (exact) mass is 375 g/mol. The molecule has 0 aromatic heterocycles. The Balaban J connectivity index is 1.48. The number of rotatable bonds is 7. The van der Waals surface area contributed by atoms with Gasteiger partial charge in [0.15, 0.2) is 0 Å². The van der Waals surface area contributed by atoms with Crippen molar-refractivity contribution < 1.29 is 13.2 Å². The van der Waals surface area contributed by atoms with Gasteiger partial charge >= 0.3 is 0 Å². The van der Waals surface area contributed by atoms with Crippen molar-refractivity contribution in [3.05, 3.63) is 54.6 Å². The van der Waals surface area contributed by atoms with Crippen LogP contribution >= 0.6 is 0 Å². The van der Waals surface area contributed by atoms with Gasteiger partial charge in [0.25, 0.3) is 0 Å². The Hall–Kier alpha value is -2.09. The summed E-state index contributed by atoms with van der Waals surface area (Å²) in [5.41, 5.74) is 1.24. The van der Waals surface area contributed by atoms with E-state index in [1.807, 2.05) is 18.2 Å². The third-order valence-corrected chi connectivity index (χ3v) is 6.07. The quantitative estimate of drug-likeness (QED) is 0.800. The van der Waals surface area contributed by atoms with Crippen LogP contribution in [0.5, 0.6) is 5.75 Å². The Labute approximate surface area is 155 Å². The first-order chi connectivity index (χ1) is 12.6. The molecule has 1 aliphatic heterocycles. The molecule has 0 unspecified atom stereocenters. The van der Waals surface area contributed by atoms with E-state index >= 15 is 0 Å². The molecule has 3 rings (SSSR count). The molecular weight excluding hydrogens is 350 g/mol. The smallest absolute Gasteiger partial charge is 0.244 e. The molecule has 26 heavy (non-hydrogen) atoms. The summed E-state index contributed by atoms with van der Waals surface area (Å²) in [6.07, 6.45) is 0. The summed E-state index contributed by atoms with van der Waals surface area (Å²) in [5.74, 6) is 0.358. The molecule has 1 aliphatic rings. The largest absolute Gasteiger partial charge is 0.495 e. The summed E-state index contributed by atoms with van der Waals surface area (Å²) < 4.78 is 32.8. The van der Waals surface area contributed by atoms with Crippen LogP contribution in [0.3, 0.4) is 0 Å². The van der Waals surface area contributed by atoms with Crippen LogP contribution in [-0.2, 0) is 10.0 Å². The highest BCUT2D eigenvalue weighted by molar-refractivity contribution is 7.89. The molecule has 6 nitrogen and oxygen atoms in total. The van der Waals surface area contributed by atoms with E-state index in [-0.39, 0.29) is 4.90 Å². The summed E-state index contributed by atoms with van der Waals surface area (Å²) in [4.78, 5) is 4.82. The maximum Gasteiger partial charge on any atom is 0.244 e. The molecule has 2 aromatic carbocycles. The van der Waals surface area contributed by atoms with Crippen molar-refractivity contribution >= 4 is 15.7 Å². The standard InChI is InChI=1S/C19H25N3O3S/c1-25-18-9-5-6-10-19(18)26(23,24)20-11-12-21-13-15-22(16-14-21)17-7-3-2-4-8-17/h2-10,20H,11-16H2,1H3. The number of ether oxygens (including phenoxy) is 1. The van der Waals surface area contributed by atoms with Gasteiger partial charge in [-0.25, -0.2) is 13.1 Å². The first-order valence-electron chi connectivity index (χ1n) is 8.75. The van der Waals surface area contributed by atoms with Gasteiger partial charge in [-0.15, -0.1) is 0 Å². The lowest BCUT2D eigenvalue weighted by Gasteiger charge is -2.36. The van der Waals surface area contributed by atoms with Crippen LogP contribution in [0.25, 0.3) is 0 Å². The number of benzene rings is 2. The molecule has 1 heterocycles. The van der Waals surface area contributed by atoms with E-state index in [1.165, 1.54) is 12.8 Å². The van der Waals surface area contributed by atoms with Crippen LogP contribution in [0.2, 0.25) is 0 Å². The molecule has 0 aliphatic carbocycles. The van der Waals surface area contributed by atoms with Crippen molar-refractivity contribution in [1.82, 2.24) is 9.62 Å². The van der Waals surface area contributed by atoms with E-state index in [0.29, 0.717) is 18.8 Å². The third kappa shape index (κ3) is 4.55. The molecule has 0 atom stereocenters. The zero-order valence-corrected chi connectivity index (χ0v) is 15.8. The van der Waals surface area contributed by atoms with Crippen LogP contribution < -0.4 is 14.4 Å². The van der Waals surface area contributed by atoms with E-state index in [4.69, 9.17) is 4.74 Å². The van der Waals surface area contributed by atoms with E-state index in [2.05, 4.69) is 26.7 Å². The van der Waals surface area contributed by atoms with Gasteiger partial charge in [0.05, 0.1) is 7.11 Å². The second kappa shape index (κ2) is 8.53. The lowest BCUT2D eigenvalue weighted by molar-refractivity contribution is 0.262. The van der Waals surface area contributed by atoms with E-state index in [0.717, 1.165) is 26.2 Å². The maximum absolute atomic E-state index is 12.5. The Morgan fingerprint density at radius 3 is 2.31 bits per heavy atom. The van der Waals surface area contributed by atoms with Gasteiger partial charge in [0.1, 0.15) is 10.6 Å². The minimum Gasteiger partial charge on any atom is -0.495 e. The highest BCUT2D eigenvalue weighted by Gasteiger charge is 2.20. The van der Waals surface area contributed by atoms with Crippen molar-refractivity contribution in [2.45, 2.75) is 4.90 Å². The Kier molecular flexibility index (Phi) is 6.13. The second-order valence-corrected chi connectivity index (χ2v) is 7.95. The van der Waals surface area contributed by atoms with E-state index in [9.17, 15) is 8.42 Å². The number of anilines is 1. The molecule has 1 saturated heterocycles.